The monoisotopic (exact) mass is 262 g/mol. The van der Waals surface area contributed by atoms with Crippen molar-refractivity contribution in [1.29, 1.82) is 0 Å². The lowest BCUT2D eigenvalue weighted by molar-refractivity contribution is 0.0707. The predicted molar refractivity (Wildman–Crippen MR) is 81.6 cm³/mol. The van der Waals surface area contributed by atoms with E-state index in [-0.39, 0.29) is 11.9 Å². The molecule has 3 heteroatoms. The second kappa shape index (κ2) is 7.17. The van der Waals surface area contributed by atoms with Crippen molar-refractivity contribution in [2.24, 2.45) is 5.92 Å². The van der Waals surface area contributed by atoms with E-state index in [1.54, 1.807) is 0 Å². The van der Waals surface area contributed by atoms with E-state index in [1.807, 2.05) is 36.2 Å². The number of nitrogens with one attached hydrogen (secondary N) is 1. The molecular weight excluding hydrogens is 236 g/mol. The fraction of sp³-hybridized carbons (Fsp3) is 0.562. The summed E-state index contributed by atoms with van der Waals surface area (Å²) in [6.07, 6.45) is 1.09. The van der Waals surface area contributed by atoms with E-state index in [4.69, 9.17) is 0 Å². The summed E-state index contributed by atoms with van der Waals surface area (Å²) in [5, 5.41) is 3.31. The first-order valence-electron chi connectivity index (χ1n) is 7.08. The molecule has 19 heavy (non-hydrogen) atoms. The van der Waals surface area contributed by atoms with Gasteiger partial charge in [-0.1, -0.05) is 20.8 Å². The fourth-order valence-electron chi connectivity index (χ4n) is 1.84. The molecule has 1 aromatic rings. The molecule has 0 aliphatic rings. The minimum atomic E-state index is 0.0863. The Morgan fingerprint density at radius 2 is 1.79 bits per heavy atom. The number of carbonyl (C=O) groups excluding carboxylic acids is 1. The molecule has 1 rings (SSSR count). The standard InChI is InChI=1S/C16H26N2O/c1-6-11-17-15-9-7-14(8-10-15)16(19)18(5)13(4)12(2)3/h7-10,12-13,17H,6,11H2,1-5H3. The van der Waals surface area contributed by atoms with Crippen molar-refractivity contribution in [2.75, 3.05) is 18.9 Å². The Hall–Kier alpha value is -1.51. The van der Waals surface area contributed by atoms with Gasteiger partial charge in [0.15, 0.2) is 0 Å². The molecule has 0 radical (unpaired) electrons. The first-order chi connectivity index (χ1) is 8.97. The summed E-state index contributed by atoms with van der Waals surface area (Å²) in [7, 11) is 1.87. The molecule has 3 nitrogen and oxygen atoms in total. The molecule has 0 saturated carbocycles. The zero-order valence-electron chi connectivity index (χ0n) is 12.7. The number of hydrogen-bond donors (Lipinski definition) is 1. The molecule has 0 bridgehead atoms. The number of amides is 1. The van der Waals surface area contributed by atoms with Crippen LogP contribution in [0.25, 0.3) is 0 Å². The average molecular weight is 262 g/mol. The third-order valence-corrected chi connectivity index (χ3v) is 3.61. The van der Waals surface area contributed by atoms with Crippen LogP contribution in [0.1, 0.15) is 44.5 Å². The largest absolute Gasteiger partial charge is 0.385 e. The summed E-state index contributed by atoms with van der Waals surface area (Å²) in [6.45, 7) is 9.43. The van der Waals surface area contributed by atoms with Gasteiger partial charge in [0.25, 0.3) is 5.91 Å². The van der Waals surface area contributed by atoms with Gasteiger partial charge >= 0.3 is 0 Å². The fourth-order valence-corrected chi connectivity index (χ4v) is 1.84. The van der Waals surface area contributed by atoms with Gasteiger partial charge in [0.2, 0.25) is 0 Å². The van der Waals surface area contributed by atoms with Gasteiger partial charge in [0.05, 0.1) is 0 Å². The van der Waals surface area contributed by atoms with Gasteiger partial charge in [-0.25, -0.2) is 0 Å². The van der Waals surface area contributed by atoms with Crippen LogP contribution in [0.3, 0.4) is 0 Å². The van der Waals surface area contributed by atoms with Gasteiger partial charge in [-0.3, -0.25) is 4.79 Å². The SMILES string of the molecule is CCCNc1ccc(C(=O)N(C)C(C)C(C)C)cc1. The summed E-state index contributed by atoms with van der Waals surface area (Å²) in [5.74, 6) is 0.544. The Balaban J connectivity index is 2.72. The van der Waals surface area contributed by atoms with Gasteiger partial charge < -0.3 is 10.2 Å². The van der Waals surface area contributed by atoms with Crippen molar-refractivity contribution in [3.8, 4) is 0 Å². The van der Waals surface area contributed by atoms with Crippen LogP contribution in [0.5, 0.6) is 0 Å². The van der Waals surface area contributed by atoms with E-state index >= 15 is 0 Å². The second-order valence-electron chi connectivity index (χ2n) is 5.40. The van der Waals surface area contributed by atoms with Crippen LogP contribution in [0.15, 0.2) is 24.3 Å². The summed E-state index contributed by atoms with van der Waals surface area (Å²) >= 11 is 0. The summed E-state index contributed by atoms with van der Waals surface area (Å²) < 4.78 is 0. The third-order valence-electron chi connectivity index (χ3n) is 3.61. The molecule has 0 saturated heterocycles. The van der Waals surface area contributed by atoms with E-state index in [0.29, 0.717) is 5.92 Å². The van der Waals surface area contributed by atoms with E-state index in [9.17, 15) is 4.79 Å². The second-order valence-corrected chi connectivity index (χ2v) is 5.40. The molecule has 0 heterocycles. The molecule has 0 aromatic heterocycles. The number of benzene rings is 1. The minimum absolute atomic E-state index is 0.0863. The lowest BCUT2D eigenvalue weighted by Gasteiger charge is -2.28. The Morgan fingerprint density at radius 1 is 1.21 bits per heavy atom. The molecule has 1 unspecified atom stereocenters. The van der Waals surface area contributed by atoms with Crippen molar-refractivity contribution in [3.63, 3.8) is 0 Å². The van der Waals surface area contributed by atoms with Crippen LogP contribution < -0.4 is 5.32 Å². The van der Waals surface area contributed by atoms with Gasteiger partial charge in [0, 0.05) is 30.9 Å². The average Bonchev–Trinajstić information content (AvgIpc) is 2.43. The van der Waals surface area contributed by atoms with Crippen molar-refractivity contribution in [2.45, 2.75) is 40.2 Å². The highest BCUT2D eigenvalue weighted by Crippen LogP contribution is 2.15. The first kappa shape index (κ1) is 15.5. The maximum atomic E-state index is 12.3. The highest BCUT2D eigenvalue weighted by Gasteiger charge is 2.19. The first-order valence-corrected chi connectivity index (χ1v) is 7.08. The molecule has 0 fully saturated rings. The van der Waals surface area contributed by atoms with Crippen molar-refractivity contribution in [3.05, 3.63) is 29.8 Å². The van der Waals surface area contributed by atoms with Crippen LogP contribution in [-0.2, 0) is 0 Å². The Labute approximate surface area is 117 Å². The normalized spacial score (nSPS) is 12.3. The number of rotatable bonds is 6. The Bertz CT molecular complexity index is 398. The van der Waals surface area contributed by atoms with Crippen LogP contribution >= 0.6 is 0 Å². The zero-order valence-corrected chi connectivity index (χ0v) is 12.7. The number of hydrogen-bond acceptors (Lipinski definition) is 2. The molecule has 1 N–H and O–H groups in total. The molecule has 1 atom stereocenters. The van der Waals surface area contributed by atoms with Crippen LogP contribution in [0.2, 0.25) is 0 Å². The van der Waals surface area contributed by atoms with Crippen LogP contribution in [-0.4, -0.2) is 30.4 Å². The Morgan fingerprint density at radius 3 is 2.26 bits per heavy atom. The third kappa shape index (κ3) is 4.27. The molecular formula is C16H26N2O. The maximum Gasteiger partial charge on any atom is 0.253 e. The molecule has 0 aliphatic heterocycles. The zero-order chi connectivity index (χ0) is 14.4. The van der Waals surface area contributed by atoms with Gasteiger partial charge in [-0.2, -0.15) is 0 Å². The van der Waals surface area contributed by atoms with Gasteiger partial charge in [-0.05, 0) is 43.5 Å². The summed E-state index contributed by atoms with van der Waals surface area (Å²) in [6, 6.07) is 7.96. The molecule has 106 valence electrons. The predicted octanol–water partition coefficient (Wildman–Crippen LogP) is 3.63. The van der Waals surface area contributed by atoms with E-state index in [0.717, 1.165) is 24.2 Å². The number of anilines is 1. The smallest absolute Gasteiger partial charge is 0.253 e. The van der Waals surface area contributed by atoms with Crippen LogP contribution in [0.4, 0.5) is 5.69 Å². The van der Waals surface area contributed by atoms with Gasteiger partial charge in [0.1, 0.15) is 0 Å². The van der Waals surface area contributed by atoms with E-state index in [2.05, 4.69) is 33.0 Å². The quantitative estimate of drug-likeness (QED) is 0.849. The topological polar surface area (TPSA) is 32.3 Å². The maximum absolute atomic E-state index is 12.3. The molecule has 1 amide bonds. The highest BCUT2D eigenvalue weighted by molar-refractivity contribution is 5.94. The lowest BCUT2D eigenvalue weighted by atomic mass is 10.0. The summed E-state index contributed by atoms with van der Waals surface area (Å²) in [4.78, 5) is 14.1. The highest BCUT2D eigenvalue weighted by atomic mass is 16.2. The van der Waals surface area contributed by atoms with E-state index < -0.39 is 0 Å². The van der Waals surface area contributed by atoms with Crippen LogP contribution in [0, 0.1) is 5.92 Å². The molecule has 0 aliphatic carbocycles. The van der Waals surface area contributed by atoms with Crippen molar-refractivity contribution in [1.82, 2.24) is 4.90 Å². The summed E-state index contributed by atoms with van der Waals surface area (Å²) in [5.41, 5.74) is 1.81. The Kier molecular flexibility index (Phi) is 5.87. The minimum Gasteiger partial charge on any atom is -0.385 e. The number of carbonyl (C=O) groups is 1. The van der Waals surface area contributed by atoms with Gasteiger partial charge in [-0.15, -0.1) is 0 Å². The van der Waals surface area contributed by atoms with Crippen molar-refractivity contribution < 1.29 is 4.79 Å². The van der Waals surface area contributed by atoms with E-state index in [1.165, 1.54) is 0 Å². The number of nitrogens with zero attached hydrogens (tertiary/aromatic N) is 1. The van der Waals surface area contributed by atoms with Crippen molar-refractivity contribution >= 4 is 11.6 Å². The molecule has 1 aromatic carbocycles. The lowest BCUT2D eigenvalue weighted by Crippen LogP contribution is -2.38. The molecule has 0 spiro atoms.